The van der Waals surface area contributed by atoms with Crippen molar-refractivity contribution in [3.05, 3.63) is 46.9 Å². The Bertz CT molecular complexity index is 731. The SMILES string of the molecule is Cc1cc(C)c(C(=O)O)c(Sc2ccnc(C(N)=O)c2)n1. The van der Waals surface area contributed by atoms with Gasteiger partial charge in [0.2, 0.25) is 0 Å². The molecule has 0 radical (unpaired) electrons. The number of primary amides is 1. The number of aryl methyl sites for hydroxylation is 2. The van der Waals surface area contributed by atoms with Crippen LogP contribution >= 0.6 is 11.8 Å². The third kappa shape index (κ3) is 3.38. The number of nitrogens with two attached hydrogens (primary N) is 1. The van der Waals surface area contributed by atoms with Gasteiger partial charge in [-0.15, -0.1) is 0 Å². The number of carboxylic acids is 1. The standard InChI is InChI=1S/C14H13N3O3S/c1-7-5-8(2)17-13(11(7)14(19)20)21-9-3-4-16-10(6-9)12(15)18/h3-6H,1-2H3,(H2,15,18)(H,19,20). The van der Waals surface area contributed by atoms with E-state index in [9.17, 15) is 14.7 Å². The molecular formula is C14H13N3O3S. The van der Waals surface area contributed by atoms with Crippen LogP contribution in [-0.2, 0) is 0 Å². The van der Waals surface area contributed by atoms with Gasteiger partial charge in [0, 0.05) is 16.8 Å². The lowest BCUT2D eigenvalue weighted by atomic mass is 10.1. The van der Waals surface area contributed by atoms with Gasteiger partial charge in [-0.05, 0) is 37.6 Å². The molecule has 0 saturated heterocycles. The minimum atomic E-state index is -1.04. The van der Waals surface area contributed by atoms with E-state index in [1.165, 1.54) is 12.3 Å². The van der Waals surface area contributed by atoms with Gasteiger partial charge in [-0.3, -0.25) is 9.78 Å². The minimum Gasteiger partial charge on any atom is -0.478 e. The highest BCUT2D eigenvalue weighted by atomic mass is 32.2. The van der Waals surface area contributed by atoms with Crippen molar-refractivity contribution in [2.24, 2.45) is 5.73 Å². The average molecular weight is 303 g/mol. The molecule has 0 spiro atoms. The molecule has 6 nitrogen and oxygen atoms in total. The first kappa shape index (κ1) is 15.0. The maximum Gasteiger partial charge on any atom is 0.338 e. The van der Waals surface area contributed by atoms with Crippen molar-refractivity contribution in [3.8, 4) is 0 Å². The number of aromatic carboxylic acids is 1. The van der Waals surface area contributed by atoms with E-state index in [0.717, 1.165) is 17.5 Å². The number of carbonyl (C=O) groups excluding carboxylic acids is 1. The fourth-order valence-electron chi connectivity index (χ4n) is 1.86. The maximum atomic E-state index is 11.4. The molecule has 2 heterocycles. The van der Waals surface area contributed by atoms with Gasteiger partial charge in [0.25, 0.3) is 5.91 Å². The van der Waals surface area contributed by atoms with Crippen LogP contribution in [0.3, 0.4) is 0 Å². The zero-order valence-electron chi connectivity index (χ0n) is 11.5. The van der Waals surface area contributed by atoms with Crippen LogP contribution < -0.4 is 5.73 Å². The third-order valence-corrected chi connectivity index (χ3v) is 3.70. The topological polar surface area (TPSA) is 106 Å². The summed E-state index contributed by atoms with van der Waals surface area (Å²) in [5.74, 6) is -1.67. The fourth-order valence-corrected chi connectivity index (χ4v) is 2.92. The van der Waals surface area contributed by atoms with E-state index in [-0.39, 0.29) is 11.3 Å². The van der Waals surface area contributed by atoms with Crippen molar-refractivity contribution in [2.45, 2.75) is 23.8 Å². The van der Waals surface area contributed by atoms with E-state index in [2.05, 4.69) is 9.97 Å². The Morgan fingerprint density at radius 3 is 2.62 bits per heavy atom. The van der Waals surface area contributed by atoms with Crippen LogP contribution in [0.2, 0.25) is 0 Å². The number of carbonyl (C=O) groups is 2. The lowest BCUT2D eigenvalue weighted by molar-refractivity contribution is 0.0691. The number of pyridine rings is 2. The van der Waals surface area contributed by atoms with Crippen molar-refractivity contribution in [2.75, 3.05) is 0 Å². The largest absolute Gasteiger partial charge is 0.478 e. The molecular weight excluding hydrogens is 290 g/mol. The van der Waals surface area contributed by atoms with Gasteiger partial charge in [-0.1, -0.05) is 11.8 Å². The number of hydrogen-bond acceptors (Lipinski definition) is 5. The number of rotatable bonds is 4. The molecule has 2 aromatic rings. The predicted molar refractivity (Wildman–Crippen MR) is 77.5 cm³/mol. The van der Waals surface area contributed by atoms with Gasteiger partial charge in [0.05, 0.1) is 5.56 Å². The van der Waals surface area contributed by atoms with Crippen LogP contribution in [-0.4, -0.2) is 27.0 Å². The first-order valence-corrected chi connectivity index (χ1v) is 6.85. The van der Waals surface area contributed by atoms with Crippen LogP contribution in [0.1, 0.15) is 32.1 Å². The highest BCUT2D eigenvalue weighted by Gasteiger charge is 2.17. The molecule has 0 bridgehead atoms. The number of hydrogen-bond donors (Lipinski definition) is 2. The van der Waals surface area contributed by atoms with Crippen molar-refractivity contribution in [1.29, 1.82) is 0 Å². The Balaban J connectivity index is 2.46. The minimum absolute atomic E-state index is 0.126. The molecule has 2 aromatic heterocycles. The fraction of sp³-hybridized carbons (Fsp3) is 0.143. The van der Waals surface area contributed by atoms with E-state index < -0.39 is 11.9 Å². The first-order valence-electron chi connectivity index (χ1n) is 6.03. The molecule has 0 saturated carbocycles. The van der Waals surface area contributed by atoms with Crippen LogP contribution in [0.4, 0.5) is 0 Å². The molecule has 0 aliphatic rings. The summed E-state index contributed by atoms with van der Waals surface area (Å²) in [7, 11) is 0. The lowest BCUT2D eigenvalue weighted by Gasteiger charge is -2.09. The highest BCUT2D eigenvalue weighted by Crippen LogP contribution is 2.31. The zero-order chi connectivity index (χ0) is 15.6. The molecule has 108 valence electrons. The van der Waals surface area contributed by atoms with Gasteiger partial charge in [-0.2, -0.15) is 0 Å². The van der Waals surface area contributed by atoms with Gasteiger partial charge < -0.3 is 10.8 Å². The third-order valence-electron chi connectivity index (χ3n) is 2.72. The van der Waals surface area contributed by atoms with Crippen LogP contribution in [0, 0.1) is 13.8 Å². The van der Waals surface area contributed by atoms with E-state index in [4.69, 9.17) is 5.73 Å². The molecule has 2 rings (SSSR count). The number of amides is 1. The number of aromatic nitrogens is 2. The Morgan fingerprint density at radius 2 is 2.00 bits per heavy atom. The first-order chi connectivity index (χ1) is 9.88. The van der Waals surface area contributed by atoms with Gasteiger partial charge in [0.15, 0.2) is 0 Å². The quantitative estimate of drug-likeness (QED) is 0.895. The van der Waals surface area contributed by atoms with Crippen LogP contribution in [0.15, 0.2) is 34.3 Å². The molecule has 3 N–H and O–H groups in total. The summed E-state index contributed by atoms with van der Waals surface area (Å²) >= 11 is 1.16. The molecule has 0 aromatic carbocycles. The average Bonchev–Trinajstić information content (AvgIpc) is 2.37. The molecule has 7 heteroatoms. The summed E-state index contributed by atoms with van der Waals surface area (Å²) < 4.78 is 0. The summed E-state index contributed by atoms with van der Waals surface area (Å²) in [6.07, 6.45) is 1.45. The van der Waals surface area contributed by atoms with E-state index in [1.807, 2.05) is 0 Å². The van der Waals surface area contributed by atoms with Crippen molar-refractivity contribution in [3.63, 3.8) is 0 Å². The molecule has 0 unspecified atom stereocenters. The number of nitrogens with zero attached hydrogens (tertiary/aromatic N) is 2. The zero-order valence-corrected chi connectivity index (χ0v) is 12.3. The number of carboxylic acid groups (broad SMARTS) is 1. The van der Waals surface area contributed by atoms with E-state index in [1.54, 1.807) is 26.0 Å². The summed E-state index contributed by atoms with van der Waals surface area (Å²) in [4.78, 5) is 31.3. The predicted octanol–water partition coefficient (Wildman–Crippen LogP) is 2.04. The second-order valence-corrected chi connectivity index (χ2v) is 5.47. The Hall–Kier alpha value is -2.41. The lowest BCUT2D eigenvalue weighted by Crippen LogP contribution is -2.12. The van der Waals surface area contributed by atoms with Crippen molar-refractivity contribution in [1.82, 2.24) is 9.97 Å². The normalized spacial score (nSPS) is 10.4. The van der Waals surface area contributed by atoms with Crippen molar-refractivity contribution < 1.29 is 14.7 Å². The van der Waals surface area contributed by atoms with Crippen LogP contribution in [0.5, 0.6) is 0 Å². The van der Waals surface area contributed by atoms with E-state index >= 15 is 0 Å². The summed E-state index contributed by atoms with van der Waals surface area (Å²) in [6.45, 7) is 3.52. The molecule has 0 aliphatic heterocycles. The second kappa shape index (κ2) is 5.92. The Kier molecular flexibility index (Phi) is 4.23. The maximum absolute atomic E-state index is 11.4. The summed E-state index contributed by atoms with van der Waals surface area (Å²) in [6, 6.07) is 4.90. The summed E-state index contributed by atoms with van der Waals surface area (Å²) in [5.41, 5.74) is 6.83. The second-order valence-electron chi connectivity index (χ2n) is 4.41. The molecule has 0 atom stereocenters. The Morgan fingerprint density at radius 1 is 1.29 bits per heavy atom. The van der Waals surface area contributed by atoms with Gasteiger partial charge in [0.1, 0.15) is 10.7 Å². The van der Waals surface area contributed by atoms with Gasteiger partial charge in [-0.25, -0.2) is 9.78 Å². The molecule has 1 amide bonds. The van der Waals surface area contributed by atoms with Crippen LogP contribution in [0.25, 0.3) is 0 Å². The smallest absolute Gasteiger partial charge is 0.338 e. The van der Waals surface area contributed by atoms with E-state index in [0.29, 0.717) is 15.5 Å². The molecule has 0 aliphatic carbocycles. The molecule has 0 fully saturated rings. The highest BCUT2D eigenvalue weighted by molar-refractivity contribution is 7.99. The van der Waals surface area contributed by atoms with Gasteiger partial charge >= 0.3 is 5.97 Å². The molecule has 21 heavy (non-hydrogen) atoms. The van der Waals surface area contributed by atoms with Crippen molar-refractivity contribution >= 4 is 23.6 Å². The Labute approximate surface area is 125 Å². The summed E-state index contributed by atoms with van der Waals surface area (Å²) in [5, 5.41) is 9.69. The monoisotopic (exact) mass is 303 g/mol.